The van der Waals surface area contributed by atoms with Crippen LogP contribution in [-0.4, -0.2) is 35.6 Å². The molecule has 0 aliphatic heterocycles. The molecule has 0 aliphatic carbocycles. The second-order valence-corrected chi connectivity index (χ2v) is 2.26. The quantitative estimate of drug-likeness (QED) is 0.566. The van der Waals surface area contributed by atoms with Gasteiger partial charge in [0.1, 0.15) is 6.61 Å². The van der Waals surface area contributed by atoms with Gasteiger partial charge in [0.2, 0.25) is 5.91 Å². The Morgan fingerprint density at radius 3 is 2.22 bits per heavy atom. The molecule has 0 saturated heterocycles. The summed E-state index contributed by atoms with van der Waals surface area (Å²) in [5.74, 6) is -0.231. The van der Waals surface area contributed by atoms with Crippen LogP contribution in [0.25, 0.3) is 0 Å². The summed E-state index contributed by atoms with van der Waals surface area (Å²) >= 11 is 0. The first-order chi connectivity index (χ1) is 4.09. The summed E-state index contributed by atoms with van der Waals surface area (Å²) < 4.78 is 0. The highest BCUT2D eigenvalue weighted by atomic mass is 16.3. The first-order valence-corrected chi connectivity index (χ1v) is 2.96. The van der Waals surface area contributed by atoms with Crippen molar-refractivity contribution in [2.24, 2.45) is 0 Å². The number of aliphatic hydroxyl groups is 1. The summed E-state index contributed by atoms with van der Waals surface area (Å²) in [6.45, 7) is 3.40. The van der Waals surface area contributed by atoms with Crippen LogP contribution in [0.4, 0.5) is 0 Å². The number of rotatable bonds is 2. The first-order valence-electron chi connectivity index (χ1n) is 2.96. The normalized spacial score (nSPS) is 9.89. The van der Waals surface area contributed by atoms with E-state index in [9.17, 15) is 4.79 Å². The number of likely N-dealkylation sites (N-methyl/N-ethyl adjacent to an activating group) is 1. The van der Waals surface area contributed by atoms with Crippen molar-refractivity contribution in [3.8, 4) is 0 Å². The molecule has 0 aromatic rings. The second-order valence-electron chi connectivity index (χ2n) is 2.26. The van der Waals surface area contributed by atoms with Gasteiger partial charge in [0, 0.05) is 13.1 Å². The van der Waals surface area contributed by atoms with E-state index < -0.39 is 6.61 Å². The Morgan fingerprint density at radius 1 is 1.67 bits per heavy atom. The fourth-order valence-corrected chi connectivity index (χ4v) is 0.400. The van der Waals surface area contributed by atoms with E-state index in [0.29, 0.717) is 0 Å². The van der Waals surface area contributed by atoms with Crippen LogP contribution in [0.1, 0.15) is 13.8 Å². The van der Waals surface area contributed by atoms with Gasteiger partial charge < -0.3 is 10.0 Å². The number of amides is 1. The van der Waals surface area contributed by atoms with Crippen molar-refractivity contribution < 1.29 is 9.90 Å². The average Bonchev–Trinajstić information content (AvgIpc) is 1.84. The molecule has 9 heavy (non-hydrogen) atoms. The molecule has 0 heterocycles. The van der Waals surface area contributed by atoms with E-state index in [4.69, 9.17) is 5.11 Å². The molecule has 0 rings (SSSR count). The third-order valence-corrected chi connectivity index (χ3v) is 1.30. The fourth-order valence-electron chi connectivity index (χ4n) is 0.400. The summed E-state index contributed by atoms with van der Waals surface area (Å²) in [6.07, 6.45) is 0. The fraction of sp³-hybridized carbons (Fsp3) is 0.833. The summed E-state index contributed by atoms with van der Waals surface area (Å²) in [7, 11) is 1.67. The molecule has 1 N–H and O–H groups in total. The van der Waals surface area contributed by atoms with Crippen molar-refractivity contribution in [3.63, 3.8) is 0 Å². The third kappa shape index (κ3) is 2.46. The summed E-state index contributed by atoms with van der Waals surface area (Å²) in [5.41, 5.74) is 0. The Kier molecular flexibility index (Phi) is 3.24. The zero-order chi connectivity index (χ0) is 7.44. The van der Waals surface area contributed by atoms with Crippen molar-refractivity contribution in [1.82, 2.24) is 4.90 Å². The van der Waals surface area contributed by atoms with Gasteiger partial charge in [-0.05, 0) is 13.8 Å². The first kappa shape index (κ1) is 8.43. The molecule has 0 spiro atoms. The molecule has 0 unspecified atom stereocenters. The molecule has 0 bridgehead atoms. The SMILES string of the molecule is CC(C)N(C)C(=O)CO. The predicted molar refractivity (Wildman–Crippen MR) is 35.0 cm³/mol. The monoisotopic (exact) mass is 131 g/mol. The van der Waals surface area contributed by atoms with Gasteiger partial charge in [-0.3, -0.25) is 4.79 Å². The molecule has 0 saturated carbocycles. The van der Waals surface area contributed by atoms with Crippen LogP contribution in [-0.2, 0) is 4.79 Å². The summed E-state index contributed by atoms with van der Waals surface area (Å²) in [4.78, 5) is 12.1. The molecule has 3 nitrogen and oxygen atoms in total. The smallest absolute Gasteiger partial charge is 0.248 e. The average molecular weight is 131 g/mol. The molecule has 0 atom stereocenters. The minimum Gasteiger partial charge on any atom is -0.387 e. The van der Waals surface area contributed by atoms with E-state index in [1.54, 1.807) is 7.05 Å². The molecule has 0 aromatic carbocycles. The van der Waals surface area contributed by atoms with E-state index in [1.165, 1.54) is 4.90 Å². The Labute approximate surface area is 55.3 Å². The van der Waals surface area contributed by atoms with Crippen molar-refractivity contribution in [2.75, 3.05) is 13.7 Å². The molecule has 0 aliphatic rings. The van der Waals surface area contributed by atoms with E-state index in [2.05, 4.69) is 0 Å². The lowest BCUT2D eigenvalue weighted by atomic mass is 10.3. The van der Waals surface area contributed by atoms with Gasteiger partial charge in [-0.1, -0.05) is 0 Å². The summed E-state index contributed by atoms with van der Waals surface area (Å²) in [5, 5.41) is 8.36. The van der Waals surface area contributed by atoms with E-state index in [1.807, 2.05) is 13.8 Å². The van der Waals surface area contributed by atoms with Crippen molar-refractivity contribution in [1.29, 1.82) is 0 Å². The minimum absolute atomic E-state index is 0.171. The van der Waals surface area contributed by atoms with Crippen molar-refractivity contribution in [3.05, 3.63) is 0 Å². The van der Waals surface area contributed by atoms with Crippen LogP contribution in [0, 0.1) is 0 Å². The van der Waals surface area contributed by atoms with Crippen LogP contribution in [0.5, 0.6) is 0 Å². The number of carbonyl (C=O) groups is 1. The molecular weight excluding hydrogens is 118 g/mol. The van der Waals surface area contributed by atoms with Gasteiger partial charge in [0.25, 0.3) is 0 Å². The van der Waals surface area contributed by atoms with Gasteiger partial charge in [0.05, 0.1) is 0 Å². The van der Waals surface area contributed by atoms with Crippen LogP contribution < -0.4 is 0 Å². The maximum absolute atomic E-state index is 10.6. The Bertz CT molecular complexity index is 101. The molecule has 0 fully saturated rings. The van der Waals surface area contributed by atoms with E-state index in [-0.39, 0.29) is 11.9 Å². The zero-order valence-electron chi connectivity index (χ0n) is 6.09. The number of hydrogen-bond donors (Lipinski definition) is 1. The molecule has 1 amide bonds. The maximum Gasteiger partial charge on any atom is 0.248 e. The number of carbonyl (C=O) groups excluding carboxylic acids is 1. The number of aliphatic hydroxyl groups excluding tert-OH is 1. The molecular formula is C6H13NO2. The van der Waals surface area contributed by atoms with Gasteiger partial charge in [0.15, 0.2) is 0 Å². The lowest BCUT2D eigenvalue weighted by Gasteiger charge is -2.19. The predicted octanol–water partition coefficient (Wildman–Crippen LogP) is -0.155. The van der Waals surface area contributed by atoms with Crippen LogP contribution in [0.2, 0.25) is 0 Å². The molecule has 54 valence electrons. The molecule has 0 radical (unpaired) electrons. The van der Waals surface area contributed by atoms with E-state index in [0.717, 1.165) is 0 Å². The van der Waals surface area contributed by atoms with Crippen LogP contribution in [0.15, 0.2) is 0 Å². The van der Waals surface area contributed by atoms with Gasteiger partial charge >= 0.3 is 0 Å². The van der Waals surface area contributed by atoms with Crippen LogP contribution >= 0.6 is 0 Å². The van der Waals surface area contributed by atoms with Crippen molar-refractivity contribution >= 4 is 5.91 Å². The Hall–Kier alpha value is -0.570. The molecule has 0 aromatic heterocycles. The largest absolute Gasteiger partial charge is 0.387 e. The number of nitrogens with zero attached hydrogens (tertiary/aromatic N) is 1. The summed E-state index contributed by atoms with van der Waals surface area (Å²) in [6, 6.07) is 0.171. The maximum atomic E-state index is 10.6. The standard InChI is InChI=1S/C6H13NO2/c1-5(2)7(3)6(9)4-8/h5,8H,4H2,1-3H3. The Morgan fingerprint density at radius 2 is 2.11 bits per heavy atom. The second kappa shape index (κ2) is 3.45. The topological polar surface area (TPSA) is 40.5 Å². The third-order valence-electron chi connectivity index (χ3n) is 1.30. The highest BCUT2D eigenvalue weighted by Gasteiger charge is 2.08. The van der Waals surface area contributed by atoms with Gasteiger partial charge in [-0.25, -0.2) is 0 Å². The van der Waals surface area contributed by atoms with Crippen LogP contribution in [0.3, 0.4) is 0 Å². The molecule has 3 heteroatoms. The lowest BCUT2D eigenvalue weighted by Crippen LogP contribution is -2.34. The van der Waals surface area contributed by atoms with Crippen molar-refractivity contribution in [2.45, 2.75) is 19.9 Å². The highest BCUT2D eigenvalue weighted by Crippen LogP contribution is 1.92. The minimum atomic E-state index is -0.394. The lowest BCUT2D eigenvalue weighted by molar-refractivity contribution is -0.134. The Balaban J connectivity index is 3.72. The van der Waals surface area contributed by atoms with Gasteiger partial charge in [-0.2, -0.15) is 0 Å². The van der Waals surface area contributed by atoms with E-state index >= 15 is 0 Å². The number of hydrogen-bond acceptors (Lipinski definition) is 2. The zero-order valence-corrected chi connectivity index (χ0v) is 6.09. The highest BCUT2D eigenvalue weighted by molar-refractivity contribution is 5.77. The van der Waals surface area contributed by atoms with Gasteiger partial charge in [-0.15, -0.1) is 0 Å².